The number of carbonyl (C=O) groups is 2. The molecule has 0 bridgehead atoms. The fourth-order valence-corrected chi connectivity index (χ4v) is 3.28. The summed E-state index contributed by atoms with van der Waals surface area (Å²) in [4.78, 5) is 27.6. The van der Waals surface area contributed by atoms with E-state index in [1.807, 2.05) is 63.2 Å². The summed E-state index contributed by atoms with van der Waals surface area (Å²) in [5.41, 5.74) is 2.03. The zero-order valence-electron chi connectivity index (χ0n) is 16.8. The molecule has 2 rings (SSSR count). The molecule has 4 nitrogen and oxygen atoms in total. The quantitative estimate of drug-likeness (QED) is 0.683. The van der Waals surface area contributed by atoms with Gasteiger partial charge in [0, 0.05) is 17.6 Å². The molecule has 0 fully saturated rings. The summed E-state index contributed by atoms with van der Waals surface area (Å²) in [6, 6.07) is 16.8. The maximum absolute atomic E-state index is 13.1. The van der Waals surface area contributed by atoms with E-state index in [-0.39, 0.29) is 24.3 Å². The molecule has 0 aliphatic heterocycles. The molecule has 28 heavy (non-hydrogen) atoms. The van der Waals surface area contributed by atoms with Crippen LogP contribution in [0.4, 0.5) is 0 Å². The molecular weight excluding hydrogens is 372 g/mol. The lowest BCUT2D eigenvalue weighted by Gasteiger charge is -2.31. The first-order valence-corrected chi connectivity index (χ1v) is 10.2. The predicted octanol–water partition coefficient (Wildman–Crippen LogP) is 4.26. The largest absolute Gasteiger partial charge is 0.352 e. The molecule has 0 aliphatic rings. The van der Waals surface area contributed by atoms with Gasteiger partial charge in [-0.05, 0) is 49.9 Å². The van der Waals surface area contributed by atoms with Gasteiger partial charge < -0.3 is 10.2 Å². The highest BCUT2D eigenvalue weighted by atomic mass is 35.5. The monoisotopic (exact) mass is 400 g/mol. The number of hydrogen-bond donors (Lipinski definition) is 1. The van der Waals surface area contributed by atoms with Crippen molar-refractivity contribution in [2.75, 3.05) is 6.54 Å². The van der Waals surface area contributed by atoms with Crippen LogP contribution < -0.4 is 5.32 Å². The van der Waals surface area contributed by atoms with E-state index in [1.54, 1.807) is 17.0 Å². The van der Waals surface area contributed by atoms with E-state index in [1.165, 1.54) is 0 Å². The van der Waals surface area contributed by atoms with E-state index in [9.17, 15) is 9.59 Å². The maximum atomic E-state index is 13.1. The highest BCUT2D eigenvalue weighted by Crippen LogP contribution is 2.14. The van der Waals surface area contributed by atoms with Crippen molar-refractivity contribution in [1.82, 2.24) is 10.2 Å². The summed E-state index contributed by atoms with van der Waals surface area (Å²) in [7, 11) is 0. The first kappa shape index (κ1) is 22.0. The second-order valence-corrected chi connectivity index (χ2v) is 7.65. The average Bonchev–Trinajstić information content (AvgIpc) is 2.67. The number of nitrogens with zero attached hydrogens (tertiary/aromatic N) is 1. The van der Waals surface area contributed by atoms with Gasteiger partial charge in [0.15, 0.2) is 0 Å². The second-order valence-electron chi connectivity index (χ2n) is 7.21. The van der Waals surface area contributed by atoms with Crippen LogP contribution in [-0.2, 0) is 22.4 Å². The minimum Gasteiger partial charge on any atom is -0.352 e. The van der Waals surface area contributed by atoms with E-state index in [0.717, 1.165) is 11.1 Å². The van der Waals surface area contributed by atoms with Crippen LogP contribution in [0.25, 0.3) is 0 Å². The molecule has 150 valence electrons. The topological polar surface area (TPSA) is 49.4 Å². The van der Waals surface area contributed by atoms with Crippen LogP contribution in [0.2, 0.25) is 5.02 Å². The van der Waals surface area contributed by atoms with Gasteiger partial charge in [0.2, 0.25) is 11.8 Å². The first-order chi connectivity index (χ1) is 13.4. The Hall–Kier alpha value is -2.33. The zero-order chi connectivity index (χ0) is 20.5. The van der Waals surface area contributed by atoms with Gasteiger partial charge in [-0.15, -0.1) is 0 Å². The fourth-order valence-electron chi connectivity index (χ4n) is 3.16. The van der Waals surface area contributed by atoms with Gasteiger partial charge in [-0.25, -0.2) is 0 Å². The number of amides is 2. The smallest absolute Gasteiger partial charge is 0.242 e. The Labute approximate surface area is 172 Å². The van der Waals surface area contributed by atoms with Crippen molar-refractivity contribution in [3.05, 3.63) is 70.7 Å². The van der Waals surface area contributed by atoms with Gasteiger partial charge in [0.05, 0.1) is 6.42 Å². The lowest BCUT2D eigenvalue weighted by molar-refractivity contribution is -0.140. The molecule has 2 aromatic rings. The highest BCUT2D eigenvalue weighted by molar-refractivity contribution is 6.30. The van der Waals surface area contributed by atoms with Gasteiger partial charge >= 0.3 is 0 Å². The van der Waals surface area contributed by atoms with Crippen LogP contribution >= 0.6 is 11.6 Å². The number of rotatable bonds is 9. The Kier molecular flexibility index (Phi) is 8.52. The van der Waals surface area contributed by atoms with E-state index in [4.69, 9.17) is 11.6 Å². The van der Waals surface area contributed by atoms with E-state index in [2.05, 4.69) is 5.32 Å². The van der Waals surface area contributed by atoms with Crippen molar-refractivity contribution < 1.29 is 9.59 Å². The molecular formula is C23H29ClN2O2. The molecule has 0 unspecified atom stereocenters. The summed E-state index contributed by atoms with van der Waals surface area (Å²) in [5, 5.41) is 3.59. The Morgan fingerprint density at radius 3 is 2.21 bits per heavy atom. The second kappa shape index (κ2) is 10.9. The molecule has 0 saturated heterocycles. The summed E-state index contributed by atoms with van der Waals surface area (Å²) < 4.78 is 0. The summed E-state index contributed by atoms with van der Waals surface area (Å²) in [5.74, 6) is -0.154. The molecule has 5 heteroatoms. The van der Waals surface area contributed by atoms with Crippen molar-refractivity contribution in [2.24, 2.45) is 0 Å². The van der Waals surface area contributed by atoms with Gasteiger partial charge in [0.25, 0.3) is 0 Å². The summed E-state index contributed by atoms with van der Waals surface area (Å²) >= 11 is 5.94. The van der Waals surface area contributed by atoms with Crippen LogP contribution in [0, 0.1) is 0 Å². The standard InChI is InChI=1S/C23H29ClN2O2/c1-4-21(23(28)25-17(2)3)26(15-14-18-8-6-5-7-9-18)22(27)16-19-10-12-20(24)13-11-19/h5-13,17,21H,4,14-16H2,1-3H3,(H,25,28)/t21-/m0/s1. The third kappa shape index (κ3) is 6.68. The van der Waals surface area contributed by atoms with Crippen LogP contribution in [0.5, 0.6) is 0 Å². The fraction of sp³-hybridized carbons (Fsp3) is 0.391. The van der Waals surface area contributed by atoms with Crippen molar-refractivity contribution in [3.63, 3.8) is 0 Å². The van der Waals surface area contributed by atoms with Crippen LogP contribution in [0.15, 0.2) is 54.6 Å². The summed E-state index contributed by atoms with van der Waals surface area (Å²) in [6.07, 6.45) is 1.52. The lowest BCUT2D eigenvalue weighted by Crippen LogP contribution is -2.51. The molecule has 0 heterocycles. The molecule has 0 spiro atoms. The number of nitrogens with one attached hydrogen (secondary N) is 1. The van der Waals surface area contributed by atoms with E-state index in [0.29, 0.717) is 24.4 Å². The Balaban J connectivity index is 2.18. The summed E-state index contributed by atoms with van der Waals surface area (Å²) in [6.45, 7) is 6.29. The molecule has 1 N–H and O–H groups in total. The number of halogens is 1. The van der Waals surface area contributed by atoms with E-state index < -0.39 is 6.04 Å². The Morgan fingerprint density at radius 2 is 1.64 bits per heavy atom. The molecule has 0 aliphatic carbocycles. The molecule has 1 atom stereocenters. The maximum Gasteiger partial charge on any atom is 0.242 e. The third-order valence-corrected chi connectivity index (χ3v) is 4.82. The van der Waals surface area contributed by atoms with Crippen molar-refractivity contribution in [3.8, 4) is 0 Å². The average molecular weight is 401 g/mol. The zero-order valence-corrected chi connectivity index (χ0v) is 17.6. The minimum absolute atomic E-state index is 0.0314. The van der Waals surface area contributed by atoms with Gasteiger partial charge in [-0.2, -0.15) is 0 Å². The molecule has 2 aromatic carbocycles. The third-order valence-electron chi connectivity index (χ3n) is 4.57. The molecule has 0 aromatic heterocycles. The first-order valence-electron chi connectivity index (χ1n) is 9.79. The highest BCUT2D eigenvalue weighted by Gasteiger charge is 2.28. The van der Waals surface area contributed by atoms with Crippen molar-refractivity contribution in [2.45, 2.75) is 52.1 Å². The van der Waals surface area contributed by atoms with Gasteiger partial charge in [-0.3, -0.25) is 9.59 Å². The van der Waals surface area contributed by atoms with Gasteiger partial charge in [0.1, 0.15) is 6.04 Å². The van der Waals surface area contributed by atoms with E-state index >= 15 is 0 Å². The van der Waals surface area contributed by atoms with Crippen molar-refractivity contribution >= 4 is 23.4 Å². The normalized spacial score (nSPS) is 11.9. The minimum atomic E-state index is -0.481. The molecule has 0 saturated carbocycles. The van der Waals surface area contributed by atoms with Crippen LogP contribution in [0.1, 0.15) is 38.3 Å². The Bertz CT molecular complexity index is 760. The van der Waals surface area contributed by atoms with Crippen molar-refractivity contribution in [1.29, 1.82) is 0 Å². The molecule has 0 radical (unpaired) electrons. The number of hydrogen-bond acceptors (Lipinski definition) is 2. The number of carbonyl (C=O) groups excluding carboxylic acids is 2. The molecule has 2 amide bonds. The van der Waals surface area contributed by atoms with Crippen LogP contribution in [0.3, 0.4) is 0 Å². The van der Waals surface area contributed by atoms with Gasteiger partial charge in [-0.1, -0.05) is 61.0 Å². The Morgan fingerprint density at radius 1 is 1.00 bits per heavy atom. The predicted molar refractivity (Wildman–Crippen MR) is 114 cm³/mol. The SMILES string of the molecule is CC[C@@H](C(=O)NC(C)C)N(CCc1ccccc1)C(=O)Cc1ccc(Cl)cc1. The lowest BCUT2D eigenvalue weighted by atomic mass is 10.1. The van der Waals surface area contributed by atoms with Crippen LogP contribution in [-0.4, -0.2) is 35.3 Å². The number of benzene rings is 2.